The molecule has 4 nitrogen and oxygen atoms in total. The van der Waals surface area contributed by atoms with E-state index in [2.05, 4.69) is 4.85 Å². The van der Waals surface area contributed by atoms with E-state index in [4.69, 9.17) is 11.3 Å². The number of esters is 1. The lowest BCUT2D eigenvalue weighted by molar-refractivity contribution is -0.153. The predicted molar refractivity (Wildman–Crippen MR) is 78.9 cm³/mol. The highest BCUT2D eigenvalue weighted by atomic mass is 16.5. The number of carbonyl (C=O) groups excluding carboxylic acids is 2. The van der Waals surface area contributed by atoms with Gasteiger partial charge in [-0.3, -0.25) is 9.59 Å². The Bertz CT molecular complexity index is 574. The monoisotopic (exact) mass is 285 g/mol. The molecule has 1 aliphatic carbocycles. The van der Waals surface area contributed by atoms with Crippen LogP contribution < -0.4 is 0 Å². The normalized spacial score (nSPS) is 21.6. The van der Waals surface area contributed by atoms with Crippen molar-refractivity contribution in [3.8, 4) is 0 Å². The Balaban J connectivity index is 2.02. The van der Waals surface area contributed by atoms with Crippen LogP contribution in [0.2, 0.25) is 0 Å². The molecule has 110 valence electrons. The third-order valence-corrected chi connectivity index (χ3v) is 3.89. The standard InChI is InChI=1S/C17H19NO3/c1-3-21-17(20)15-11-13(7-8-16(15)19)9-12-5-4-6-14(10-12)18-2/h4-6,10,13,15H,3,7-9,11H2,1H3. The fraction of sp³-hybridized carbons (Fsp3) is 0.471. The van der Waals surface area contributed by atoms with Crippen molar-refractivity contribution in [2.75, 3.05) is 6.61 Å². The molecule has 0 N–H and O–H groups in total. The second-order valence-corrected chi connectivity index (χ2v) is 5.40. The molecule has 0 saturated heterocycles. The summed E-state index contributed by atoms with van der Waals surface area (Å²) in [5, 5.41) is 0. The number of rotatable bonds is 4. The first-order chi connectivity index (χ1) is 10.1. The smallest absolute Gasteiger partial charge is 0.316 e. The van der Waals surface area contributed by atoms with E-state index in [9.17, 15) is 9.59 Å². The number of carbonyl (C=O) groups is 2. The molecule has 0 spiro atoms. The summed E-state index contributed by atoms with van der Waals surface area (Å²) in [6, 6.07) is 7.52. The summed E-state index contributed by atoms with van der Waals surface area (Å²) in [6.45, 7) is 9.09. The number of ether oxygens (including phenoxy) is 1. The topological polar surface area (TPSA) is 47.7 Å². The van der Waals surface area contributed by atoms with Crippen LogP contribution in [0.5, 0.6) is 0 Å². The second kappa shape index (κ2) is 7.03. The van der Waals surface area contributed by atoms with E-state index in [0.29, 0.717) is 25.1 Å². The van der Waals surface area contributed by atoms with E-state index < -0.39 is 5.92 Å². The van der Waals surface area contributed by atoms with Crippen LogP contribution in [0.1, 0.15) is 31.7 Å². The van der Waals surface area contributed by atoms with Crippen molar-refractivity contribution in [1.29, 1.82) is 0 Å². The summed E-state index contributed by atoms with van der Waals surface area (Å²) in [6.07, 6.45) is 2.60. The third-order valence-electron chi connectivity index (χ3n) is 3.89. The third kappa shape index (κ3) is 3.91. The predicted octanol–water partition coefficient (Wildman–Crippen LogP) is 3.33. The summed E-state index contributed by atoms with van der Waals surface area (Å²) in [5.74, 6) is -0.701. The summed E-state index contributed by atoms with van der Waals surface area (Å²) in [5.41, 5.74) is 1.71. The Kier molecular flexibility index (Phi) is 5.10. The van der Waals surface area contributed by atoms with Gasteiger partial charge in [0.2, 0.25) is 0 Å². The average Bonchev–Trinajstić information content (AvgIpc) is 2.49. The Labute approximate surface area is 124 Å². The van der Waals surface area contributed by atoms with Crippen molar-refractivity contribution in [2.45, 2.75) is 32.6 Å². The number of hydrogen-bond donors (Lipinski definition) is 0. The minimum absolute atomic E-state index is 0.000362. The summed E-state index contributed by atoms with van der Waals surface area (Å²) < 4.78 is 4.99. The van der Waals surface area contributed by atoms with Gasteiger partial charge in [0.05, 0.1) is 13.2 Å². The Morgan fingerprint density at radius 2 is 2.29 bits per heavy atom. The highest BCUT2D eigenvalue weighted by Gasteiger charge is 2.34. The first kappa shape index (κ1) is 15.2. The SMILES string of the molecule is [C-]#[N+]c1cccc(CC2CCC(=O)C(C(=O)OCC)C2)c1. The van der Waals surface area contributed by atoms with Crippen molar-refractivity contribution in [3.05, 3.63) is 41.2 Å². The molecule has 4 heteroatoms. The molecule has 0 heterocycles. The minimum atomic E-state index is -0.604. The van der Waals surface area contributed by atoms with E-state index in [-0.39, 0.29) is 17.7 Å². The molecule has 0 radical (unpaired) electrons. The van der Waals surface area contributed by atoms with Crippen molar-refractivity contribution < 1.29 is 14.3 Å². The largest absolute Gasteiger partial charge is 0.465 e. The number of ketones is 1. The number of hydrogen-bond acceptors (Lipinski definition) is 3. The lowest BCUT2D eigenvalue weighted by Crippen LogP contribution is -2.33. The quantitative estimate of drug-likeness (QED) is 0.484. The summed E-state index contributed by atoms with van der Waals surface area (Å²) in [4.78, 5) is 27.1. The summed E-state index contributed by atoms with van der Waals surface area (Å²) >= 11 is 0. The van der Waals surface area contributed by atoms with Gasteiger partial charge in [-0.15, -0.1) is 0 Å². The van der Waals surface area contributed by atoms with Gasteiger partial charge in [0.25, 0.3) is 0 Å². The van der Waals surface area contributed by atoms with Gasteiger partial charge >= 0.3 is 5.97 Å². The van der Waals surface area contributed by atoms with Crippen LogP contribution in [0, 0.1) is 18.4 Å². The molecule has 1 aromatic carbocycles. The zero-order valence-corrected chi connectivity index (χ0v) is 12.2. The molecule has 21 heavy (non-hydrogen) atoms. The van der Waals surface area contributed by atoms with Gasteiger partial charge in [-0.05, 0) is 32.1 Å². The van der Waals surface area contributed by atoms with Gasteiger partial charge in [0, 0.05) is 6.42 Å². The zero-order valence-electron chi connectivity index (χ0n) is 12.2. The molecule has 2 atom stereocenters. The van der Waals surface area contributed by atoms with E-state index in [1.165, 1.54) is 0 Å². The highest BCUT2D eigenvalue weighted by molar-refractivity contribution is 5.99. The molecule has 0 aromatic heterocycles. The molecule has 1 saturated carbocycles. The maximum absolute atomic E-state index is 11.9. The molecular weight excluding hydrogens is 266 g/mol. The van der Waals surface area contributed by atoms with Gasteiger partial charge in [-0.1, -0.05) is 29.8 Å². The molecule has 0 amide bonds. The molecule has 0 aliphatic heterocycles. The Morgan fingerprint density at radius 1 is 1.48 bits per heavy atom. The van der Waals surface area contributed by atoms with Crippen LogP contribution in [-0.2, 0) is 20.7 Å². The number of nitrogens with zero attached hydrogens (tertiary/aromatic N) is 1. The van der Waals surface area contributed by atoms with Crippen LogP contribution in [0.4, 0.5) is 5.69 Å². The van der Waals surface area contributed by atoms with Gasteiger partial charge in [-0.25, -0.2) is 4.85 Å². The molecule has 1 aliphatic rings. The van der Waals surface area contributed by atoms with Crippen LogP contribution >= 0.6 is 0 Å². The second-order valence-electron chi connectivity index (χ2n) is 5.40. The van der Waals surface area contributed by atoms with Crippen molar-refractivity contribution >= 4 is 17.4 Å². The molecule has 0 bridgehead atoms. The van der Waals surface area contributed by atoms with E-state index >= 15 is 0 Å². The lowest BCUT2D eigenvalue weighted by atomic mass is 9.78. The fourth-order valence-corrected chi connectivity index (χ4v) is 2.85. The van der Waals surface area contributed by atoms with Crippen molar-refractivity contribution in [1.82, 2.24) is 0 Å². The van der Waals surface area contributed by atoms with E-state index in [0.717, 1.165) is 18.4 Å². The van der Waals surface area contributed by atoms with Gasteiger partial charge in [-0.2, -0.15) is 0 Å². The van der Waals surface area contributed by atoms with Gasteiger partial charge < -0.3 is 4.74 Å². The number of benzene rings is 1. The van der Waals surface area contributed by atoms with Gasteiger partial charge in [0.1, 0.15) is 11.7 Å². The molecule has 2 rings (SSSR count). The fourth-order valence-electron chi connectivity index (χ4n) is 2.85. The van der Waals surface area contributed by atoms with Crippen LogP contribution in [0.15, 0.2) is 24.3 Å². The van der Waals surface area contributed by atoms with Crippen molar-refractivity contribution in [2.24, 2.45) is 11.8 Å². The van der Waals surface area contributed by atoms with Crippen LogP contribution in [-0.4, -0.2) is 18.4 Å². The minimum Gasteiger partial charge on any atom is -0.465 e. The molecular formula is C17H19NO3. The average molecular weight is 285 g/mol. The first-order valence-corrected chi connectivity index (χ1v) is 7.29. The highest BCUT2D eigenvalue weighted by Crippen LogP contribution is 2.30. The molecule has 1 aromatic rings. The van der Waals surface area contributed by atoms with Crippen LogP contribution in [0.3, 0.4) is 0 Å². The number of Topliss-reactive ketones (excluding diaryl/α,β-unsaturated/α-hetero) is 1. The van der Waals surface area contributed by atoms with E-state index in [1.54, 1.807) is 13.0 Å². The lowest BCUT2D eigenvalue weighted by Gasteiger charge is -2.26. The van der Waals surface area contributed by atoms with E-state index in [1.807, 2.05) is 18.2 Å². The van der Waals surface area contributed by atoms with Gasteiger partial charge in [0.15, 0.2) is 5.69 Å². The maximum Gasteiger partial charge on any atom is 0.316 e. The Morgan fingerprint density at radius 3 is 3.00 bits per heavy atom. The first-order valence-electron chi connectivity index (χ1n) is 7.29. The molecule has 2 unspecified atom stereocenters. The zero-order chi connectivity index (χ0) is 15.2. The maximum atomic E-state index is 11.9. The van der Waals surface area contributed by atoms with Crippen LogP contribution in [0.25, 0.3) is 4.85 Å². The summed E-state index contributed by atoms with van der Waals surface area (Å²) in [7, 11) is 0. The molecule has 1 fully saturated rings. The Hall–Kier alpha value is -2.15. The van der Waals surface area contributed by atoms with Crippen molar-refractivity contribution in [3.63, 3.8) is 0 Å².